The Labute approximate surface area is 143 Å². The third kappa shape index (κ3) is 4.83. The first-order valence-corrected chi connectivity index (χ1v) is 8.06. The van der Waals surface area contributed by atoms with Crippen molar-refractivity contribution < 1.29 is 18.7 Å². The van der Waals surface area contributed by atoms with E-state index in [1.807, 2.05) is 0 Å². The fourth-order valence-corrected chi connectivity index (χ4v) is 2.26. The van der Waals surface area contributed by atoms with Crippen molar-refractivity contribution in [2.24, 2.45) is 0 Å². The molecule has 0 saturated carbocycles. The highest BCUT2D eigenvalue weighted by molar-refractivity contribution is 6.31. The van der Waals surface area contributed by atoms with Gasteiger partial charge >= 0.3 is 5.97 Å². The highest BCUT2D eigenvalue weighted by Gasteiger charge is 2.15. The summed E-state index contributed by atoms with van der Waals surface area (Å²) in [4.78, 5) is 35.5. The molecule has 0 fully saturated rings. The first-order chi connectivity index (χ1) is 11.5. The van der Waals surface area contributed by atoms with E-state index in [9.17, 15) is 14.4 Å². The summed E-state index contributed by atoms with van der Waals surface area (Å²) >= 11 is 5.82. The molecule has 0 aliphatic carbocycles. The van der Waals surface area contributed by atoms with Crippen LogP contribution in [0.5, 0.6) is 0 Å². The van der Waals surface area contributed by atoms with Gasteiger partial charge in [0.05, 0.1) is 5.39 Å². The van der Waals surface area contributed by atoms with Gasteiger partial charge in [0, 0.05) is 17.6 Å². The summed E-state index contributed by atoms with van der Waals surface area (Å²) in [6, 6.07) is 5.53. The number of hydrogen-bond acceptors (Lipinski definition) is 5. The molecule has 1 N–H and O–H groups in total. The Balaban J connectivity index is 1.97. The first-order valence-electron chi connectivity index (χ1n) is 7.68. The normalized spacial score (nSPS) is 10.6. The van der Waals surface area contributed by atoms with Crippen molar-refractivity contribution in [1.82, 2.24) is 5.32 Å². The van der Waals surface area contributed by atoms with E-state index in [1.165, 1.54) is 12.1 Å². The zero-order chi connectivity index (χ0) is 17.5. The Morgan fingerprint density at radius 1 is 1.25 bits per heavy atom. The summed E-state index contributed by atoms with van der Waals surface area (Å²) in [5, 5.41) is 3.31. The van der Waals surface area contributed by atoms with Crippen molar-refractivity contribution >= 4 is 34.4 Å². The van der Waals surface area contributed by atoms with Gasteiger partial charge in [0.1, 0.15) is 5.58 Å². The lowest BCUT2D eigenvalue weighted by Gasteiger charge is -2.06. The van der Waals surface area contributed by atoms with Gasteiger partial charge in [0.2, 0.25) is 5.76 Å². The second kappa shape index (κ2) is 8.49. The van der Waals surface area contributed by atoms with Gasteiger partial charge in [-0.05, 0) is 24.6 Å². The van der Waals surface area contributed by atoms with Crippen LogP contribution in [0.25, 0.3) is 11.0 Å². The Morgan fingerprint density at radius 3 is 2.79 bits per heavy atom. The Kier molecular flexibility index (Phi) is 6.37. The molecular formula is C17H18ClNO5. The number of unbranched alkanes of at least 4 members (excludes halogenated alkanes) is 2. The largest absolute Gasteiger partial charge is 0.450 e. The molecule has 0 aliphatic rings. The molecule has 0 saturated heterocycles. The topological polar surface area (TPSA) is 85.6 Å². The maximum absolute atomic E-state index is 12.0. The molecule has 0 unspecified atom stereocenters. The van der Waals surface area contributed by atoms with Crippen molar-refractivity contribution in [2.75, 3.05) is 13.2 Å². The SMILES string of the molecule is CCCCCNC(=O)COC(=O)c1cc(=O)c2cc(Cl)ccc2o1. The Bertz CT molecular complexity index is 799. The van der Waals surface area contributed by atoms with E-state index >= 15 is 0 Å². The lowest BCUT2D eigenvalue weighted by molar-refractivity contribution is -0.124. The molecule has 1 heterocycles. The van der Waals surface area contributed by atoms with Crippen molar-refractivity contribution in [3.63, 3.8) is 0 Å². The number of fused-ring (bicyclic) bond motifs is 1. The minimum absolute atomic E-state index is 0.225. The van der Waals surface area contributed by atoms with Crippen molar-refractivity contribution in [1.29, 1.82) is 0 Å². The summed E-state index contributed by atoms with van der Waals surface area (Å²) in [5.41, 5.74) is -0.183. The number of carbonyl (C=O) groups is 2. The van der Waals surface area contributed by atoms with E-state index in [0.717, 1.165) is 25.3 Å². The van der Waals surface area contributed by atoms with Crippen LogP contribution in [0.4, 0.5) is 0 Å². The molecule has 128 valence electrons. The molecular weight excluding hydrogens is 334 g/mol. The molecule has 1 aromatic heterocycles. The van der Waals surface area contributed by atoms with Crippen LogP contribution >= 0.6 is 11.6 Å². The summed E-state index contributed by atoms with van der Waals surface area (Å²) < 4.78 is 10.2. The van der Waals surface area contributed by atoms with Gasteiger partial charge in [0.25, 0.3) is 5.91 Å². The number of rotatable bonds is 7. The van der Waals surface area contributed by atoms with Crippen LogP contribution in [0.15, 0.2) is 33.5 Å². The van der Waals surface area contributed by atoms with E-state index in [1.54, 1.807) is 6.07 Å². The number of carbonyl (C=O) groups excluding carboxylic acids is 2. The molecule has 0 bridgehead atoms. The zero-order valence-corrected chi connectivity index (χ0v) is 14.0. The standard InChI is InChI=1S/C17H18ClNO5/c1-2-3-4-7-19-16(21)10-23-17(22)15-9-13(20)12-8-11(18)5-6-14(12)24-15/h5-6,8-9H,2-4,7,10H2,1H3,(H,19,21). The maximum atomic E-state index is 12.0. The third-order valence-electron chi connectivity index (χ3n) is 3.33. The molecule has 7 heteroatoms. The number of esters is 1. The molecule has 2 aromatic rings. The number of nitrogens with one attached hydrogen (secondary N) is 1. The van der Waals surface area contributed by atoms with E-state index in [2.05, 4.69) is 12.2 Å². The average molecular weight is 352 g/mol. The maximum Gasteiger partial charge on any atom is 0.374 e. The Morgan fingerprint density at radius 2 is 2.04 bits per heavy atom. The number of hydrogen-bond donors (Lipinski definition) is 1. The van der Waals surface area contributed by atoms with Gasteiger partial charge in [-0.1, -0.05) is 31.4 Å². The molecule has 0 aliphatic heterocycles. The van der Waals surface area contributed by atoms with Crippen LogP contribution in [0.3, 0.4) is 0 Å². The van der Waals surface area contributed by atoms with Crippen LogP contribution in [0, 0.1) is 0 Å². The van der Waals surface area contributed by atoms with Gasteiger partial charge in [-0.25, -0.2) is 4.79 Å². The fourth-order valence-electron chi connectivity index (χ4n) is 2.09. The predicted octanol–water partition coefficient (Wildman–Crippen LogP) is 2.91. The van der Waals surface area contributed by atoms with Gasteiger partial charge in [-0.15, -0.1) is 0 Å². The minimum Gasteiger partial charge on any atom is -0.450 e. The molecule has 6 nitrogen and oxygen atoms in total. The summed E-state index contributed by atoms with van der Waals surface area (Å²) in [7, 11) is 0. The van der Waals surface area contributed by atoms with Gasteiger partial charge in [-0.3, -0.25) is 9.59 Å². The van der Waals surface area contributed by atoms with Gasteiger partial charge in [-0.2, -0.15) is 0 Å². The third-order valence-corrected chi connectivity index (χ3v) is 3.56. The second-order valence-corrected chi connectivity index (χ2v) is 5.69. The van der Waals surface area contributed by atoms with Crippen LogP contribution < -0.4 is 10.7 Å². The van der Waals surface area contributed by atoms with E-state index in [-0.39, 0.29) is 16.7 Å². The molecule has 0 atom stereocenters. The smallest absolute Gasteiger partial charge is 0.374 e. The molecule has 24 heavy (non-hydrogen) atoms. The van der Waals surface area contributed by atoms with Crippen LogP contribution in [0.2, 0.25) is 5.02 Å². The summed E-state index contributed by atoms with van der Waals surface area (Å²) in [6.07, 6.45) is 2.95. The second-order valence-electron chi connectivity index (χ2n) is 5.25. The average Bonchev–Trinajstić information content (AvgIpc) is 2.57. The van der Waals surface area contributed by atoms with Gasteiger partial charge in [0.15, 0.2) is 12.0 Å². The quantitative estimate of drug-likeness (QED) is 0.612. The number of halogens is 1. The number of amides is 1. The van der Waals surface area contributed by atoms with Crippen molar-refractivity contribution in [3.05, 3.63) is 45.3 Å². The molecule has 0 spiro atoms. The lowest BCUT2D eigenvalue weighted by atomic mass is 10.2. The molecule has 1 aromatic carbocycles. The first kappa shape index (κ1) is 18.0. The van der Waals surface area contributed by atoms with E-state index in [4.69, 9.17) is 20.8 Å². The summed E-state index contributed by atoms with van der Waals surface area (Å²) in [6.45, 7) is 2.18. The van der Waals surface area contributed by atoms with Crippen LogP contribution in [0.1, 0.15) is 36.7 Å². The highest BCUT2D eigenvalue weighted by Crippen LogP contribution is 2.17. The zero-order valence-electron chi connectivity index (χ0n) is 13.3. The Hall–Kier alpha value is -2.34. The number of benzene rings is 1. The van der Waals surface area contributed by atoms with Crippen LogP contribution in [-0.4, -0.2) is 25.0 Å². The highest BCUT2D eigenvalue weighted by atomic mass is 35.5. The monoisotopic (exact) mass is 351 g/mol. The summed E-state index contributed by atoms with van der Waals surface area (Å²) in [5.74, 6) is -1.52. The fraction of sp³-hybridized carbons (Fsp3) is 0.353. The number of ether oxygens (including phenoxy) is 1. The molecule has 2 rings (SSSR count). The minimum atomic E-state index is -0.868. The molecule has 1 amide bonds. The van der Waals surface area contributed by atoms with Crippen molar-refractivity contribution in [2.45, 2.75) is 26.2 Å². The van der Waals surface area contributed by atoms with Crippen molar-refractivity contribution in [3.8, 4) is 0 Å². The van der Waals surface area contributed by atoms with Gasteiger partial charge < -0.3 is 14.5 Å². The van der Waals surface area contributed by atoms with E-state index < -0.39 is 23.9 Å². The molecule has 0 radical (unpaired) electrons. The van der Waals surface area contributed by atoms with Crippen LogP contribution in [-0.2, 0) is 9.53 Å². The van der Waals surface area contributed by atoms with E-state index in [0.29, 0.717) is 11.6 Å². The predicted molar refractivity (Wildman–Crippen MR) is 90.3 cm³/mol. The lowest BCUT2D eigenvalue weighted by Crippen LogP contribution is -2.29.